The third-order valence-electron chi connectivity index (χ3n) is 2.62. The zero-order valence-corrected chi connectivity index (χ0v) is 9.29. The first-order valence-electron chi connectivity index (χ1n) is 5.37. The minimum Gasteiger partial charge on any atom is -0.508 e. The van der Waals surface area contributed by atoms with Gasteiger partial charge in [0, 0.05) is 17.7 Å². The van der Waals surface area contributed by atoms with Crippen molar-refractivity contribution < 1.29 is 9.52 Å². The Morgan fingerprint density at radius 1 is 1.17 bits per heavy atom. The largest absolute Gasteiger partial charge is 0.508 e. The number of oxazole rings is 1. The van der Waals surface area contributed by atoms with Crippen LogP contribution in [-0.2, 0) is 0 Å². The summed E-state index contributed by atoms with van der Waals surface area (Å²) >= 11 is 0. The van der Waals surface area contributed by atoms with Gasteiger partial charge in [-0.25, -0.2) is 4.98 Å². The van der Waals surface area contributed by atoms with E-state index in [1.54, 1.807) is 0 Å². The number of aromatic hydroxyl groups is 1. The number of hydrogen-bond acceptors (Lipinski definition) is 4. The second-order valence-electron chi connectivity index (χ2n) is 3.84. The van der Waals surface area contributed by atoms with E-state index in [4.69, 9.17) is 9.68 Å². The van der Waals surface area contributed by atoms with Crippen molar-refractivity contribution in [1.29, 1.82) is 5.26 Å². The van der Waals surface area contributed by atoms with E-state index in [0.29, 0.717) is 17.0 Å². The maximum atomic E-state index is 9.49. The summed E-state index contributed by atoms with van der Waals surface area (Å²) in [5.41, 5.74) is 1.98. The average molecular weight is 236 g/mol. The second-order valence-corrected chi connectivity index (χ2v) is 3.84. The fourth-order valence-corrected chi connectivity index (χ4v) is 1.81. The van der Waals surface area contributed by atoms with E-state index in [2.05, 4.69) is 4.98 Å². The molecular formula is C14H8N2O2. The van der Waals surface area contributed by atoms with Crippen molar-refractivity contribution in [2.45, 2.75) is 0 Å². The summed E-state index contributed by atoms with van der Waals surface area (Å²) in [6, 6.07) is 14.2. The summed E-state index contributed by atoms with van der Waals surface area (Å²) < 4.78 is 5.59. The Labute approximate surface area is 103 Å². The molecule has 18 heavy (non-hydrogen) atoms. The third-order valence-corrected chi connectivity index (χ3v) is 2.62. The van der Waals surface area contributed by atoms with Gasteiger partial charge in [0.05, 0.1) is 0 Å². The van der Waals surface area contributed by atoms with E-state index in [0.717, 1.165) is 5.56 Å². The summed E-state index contributed by atoms with van der Waals surface area (Å²) in [6.45, 7) is 0. The van der Waals surface area contributed by atoms with Gasteiger partial charge in [0.1, 0.15) is 22.9 Å². The van der Waals surface area contributed by atoms with Gasteiger partial charge < -0.3 is 9.52 Å². The van der Waals surface area contributed by atoms with Crippen LogP contribution < -0.4 is 0 Å². The highest BCUT2D eigenvalue weighted by Gasteiger charge is 2.12. The van der Waals surface area contributed by atoms with Gasteiger partial charge in [-0.1, -0.05) is 18.2 Å². The zero-order valence-electron chi connectivity index (χ0n) is 9.29. The van der Waals surface area contributed by atoms with Crippen LogP contribution in [0.3, 0.4) is 0 Å². The topological polar surface area (TPSA) is 70.0 Å². The predicted octanol–water partition coefficient (Wildman–Crippen LogP) is 3.07. The molecule has 4 heteroatoms. The van der Waals surface area contributed by atoms with Crippen LogP contribution >= 0.6 is 0 Å². The molecule has 0 aliphatic heterocycles. The summed E-state index contributed by atoms with van der Waals surface area (Å²) in [5.74, 6) is 0.444. The molecule has 0 aliphatic carbocycles. The lowest BCUT2D eigenvalue weighted by Gasteiger charge is -1.93. The Hall–Kier alpha value is -2.80. The smallest absolute Gasteiger partial charge is 0.227 e. The van der Waals surface area contributed by atoms with Crippen molar-refractivity contribution in [2.75, 3.05) is 0 Å². The molecule has 0 radical (unpaired) electrons. The molecule has 3 rings (SSSR count). The molecule has 1 N–H and O–H groups in total. The quantitative estimate of drug-likeness (QED) is 0.704. The summed E-state index contributed by atoms with van der Waals surface area (Å²) in [5, 5.41) is 18.5. The van der Waals surface area contributed by atoms with Gasteiger partial charge in [0.15, 0.2) is 5.58 Å². The number of phenols is 1. The number of benzene rings is 2. The Morgan fingerprint density at radius 3 is 2.67 bits per heavy atom. The highest BCUT2D eigenvalue weighted by molar-refractivity contribution is 5.83. The molecule has 0 saturated heterocycles. The van der Waals surface area contributed by atoms with E-state index in [-0.39, 0.29) is 11.3 Å². The third kappa shape index (κ3) is 1.59. The van der Waals surface area contributed by atoms with E-state index >= 15 is 0 Å². The molecule has 0 atom stereocenters. The molecule has 4 nitrogen and oxygen atoms in total. The first-order chi connectivity index (χ1) is 8.78. The number of phenolic OH excluding ortho intramolecular Hbond substituents is 1. The maximum Gasteiger partial charge on any atom is 0.227 e. The number of hydrogen-bond donors (Lipinski definition) is 1. The van der Waals surface area contributed by atoms with Crippen molar-refractivity contribution in [2.24, 2.45) is 0 Å². The van der Waals surface area contributed by atoms with Gasteiger partial charge in [0.25, 0.3) is 0 Å². The molecule has 0 spiro atoms. The predicted molar refractivity (Wildman–Crippen MR) is 65.8 cm³/mol. The first kappa shape index (κ1) is 10.4. The molecule has 0 amide bonds. The lowest BCUT2D eigenvalue weighted by atomic mass is 10.2. The van der Waals surface area contributed by atoms with Gasteiger partial charge in [-0.3, -0.25) is 0 Å². The number of nitrogens with zero attached hydrogens (tertiary/aromatic N) is 2. The van der Waals surface area contributed by atoms with Crippen LogP contribution in [0, 0.1) is 11.3 Å². The second kappa shape index (κ2) is 3.90. The minimum atomic E-state index is 0.00645. The molecule has 2 aromatic carbocycles. The number of rotatable bonds is 1. The lowest BCUT2D eigenvalue weighted by molar-refractivity contribution is 0.475. The normalized spacial score (nSPS) is 10.4. The van der Waals surface area contributed by atoms with E-state index < -0.39 is 0 Å². The first-order valence-corrected chi connectivity index (χ1v) is 5.37. The molecule has 0 bridgehead atoms. The molecule has 3 aromatic rings. The highest BCUT2D eigenvalue weighted by atomic mass is 16.3. The van der Waals surface area contributed by atoms with Gasteiger partial charge in [-0.2, -0.15) is 5.26 Å². The molecule has 0 aliphatic rings. The van der Waals surface area contributed by atoms with E-state index in [1.807, 2.05) is 36.4 Å². The van der Waals surface area contributed by atoms with Gasteiger partial charge >= 0.3 is 0 Å². The van der Waals surface area contributed by atoms with Crippen molar-refractivity contribution in [3.8, 4) is 23.3 Å². The SMILES string of the molecule is N#Cc1cc(O)cc2nc(-c3ccccc3)oc12. The maximum absolute atomic E-state index is 9.49. The zero-order chi connectivity index (χ0) is 12.5. The van der Waals surface area contributed by atoms with Gasteiger partial charge in [-0.05, 0) is 12.1 Å². The highest BCUT2D eigenvalue weighted by Crippen LogP contribution is 2.29. The number of nitriles is 1. The minimum absolute atomic E-state index is 0.00645. The van der Waals surface area contributed by atoms with Crippen LogP contribution in [0.2, 0.25) is 0 Å². The number of aromatic nitrogens is 1. The molecule has 1 aromatic heterocycles. The van der Waals surface area contributed by atoms with Crippen LogP contribution in [0.15, 0.2) is 46.9 Å². The fourth-order valence-electron chi connectivity index (χ4n) is 1.81. The monoisotopic (exact) mass is 236 g/mol. The standard InChI is InChI=1S/C14H8N2O2/c15-8-10-6-11(17)7-12-13(10)18-14(16-12)9-4-2-1-3-5-9/h1-7,17H. The molecule has 0 saturated carbocycles. The van der Waals surface area contributed by atoms with Crippen molar-refractivity contribution in [3.63, 3.8) is 0 Å². The Kier molecular flexibility index (Phi) is 2.24. The Balaban J connectivity index is 2.27. The summed E-state index contributed by atoms with van der Waals surface area (Å²) in [6.07, 6.45) is 0. The molecule has 0 fully saturated rings. The molecule has 86 valence electrons. The fraction of sp³-hybridized carbons (Fsp3) is 0. The molecular weight excluding hydrogens is 228 g/mol. The van der Waals surface area contributed by atoms with E-state index in [9.17, 15) is 5.11 Å². The van der Waals surface area contributed by atoms with Crippen molar-refractivity contribution in [1.82, 2.24) is 4.98 Å². The van der Waals surface area contributed by atoms with Crippen LogP contribution in [0.5, 0.6) is 5.75 Å². The summed E-state index contributed by atoms with van der Waals surface area (Å²) in [4.78, 5) is 4.27. The Bertz CT molecular complexity index is 755. The van der Waals surface area contributed by atoms with E-state index in [1.165, 1.54) is 12.1 Å². The summed E-state index contributed by atoms with van der Waals surface area (Å²) in [7, 11) is 0. The van der Waals surface area contributed by atoms with Crippen molar-refractivity contribution >= 4 is 11.1 Å². The van der Waals surface area contributed by atoms with Crippen LogP contribution in [0.4, 0.5) is 0 Å². The van der Waals surface area contributed by atoms with Crippen LogP contribution in [0.25, 0.3) is 22.6 Å². The van der Waals surface area contributed by atoms with Gasteiger partial charge in [-0.15, -0.1) is 0 Å². The van der Waals surface area contributed by atoms with Crippen molar-refractivity contribution in [3.05, 3.63) is 48.0 Å². The molecule has 0 unspecified atom stereocenters. The van der Waals surface area contributed by atoms with Crippen LogP contribution in [0.1, 0.15) is 5.56 Å². The number of fused-ring (bicyclic) bond motifs is 1. The van der Waals surface area contributed by atoms with Gasteiger partial charge in [0.2, 0.25) is 5.89 Å². The Morgan fingerprint density at radius 2 is 1.94 bits per heavy atom. The average Bonchev–Trinajstić information content (AvgIpc) is 2.82. The van der Waals surface area contributed by atoms with Crippen LogP contribution in [-0.4, -0.2) is 10.1 Å². The molecule has 1 heterocycles. The lowest BCUT2D eigenvalue weighted by Crippen LogP contribution is -1.76.